The molecule has 2 rings (SSSR count). The van der Waals surface area contributed by atoms with Crippen LogP contribution in [0.2, 0.25) is 0 Å². The molecule has 18 heavy (non-hydrogen) atoms. The van der Waals surface area contributed by atoms with Crippen LogP contribution in [0.5, 0.6) is 0 Å². The predicted octanol–water partition coefficient (Wildman–Crippen LogP) is 1.96. The van der Waals surface area contributed by atoms with E-state index in [-0.39, 0.29) is 12.1 Å². The van der Waals surface area contributed by atoms with Crippen LogP contribution in [0.4, 0.5) is 0 Å². The Morgan fingerprint density at radius 2 is 2.33 bits per heavy atom. The van der Waals surface area contributed by atoms with E-state index >= 15 is 0 Å². The van der Waals surface area contributed by atoms with Gasteiger partial charge in [0.05, 0.1) is 12.3 Å². The highest BCUT2D eigenvalue weighted by molar-refractivity contribution is 9.10. The lowest BCUT2D eigenvalue weighted by Gasteiger charge is -2.16. The molecular weight excluding hydrogens is 298 g/mol. The van der Waals surface area contributed by atoms with Crippen molar-refractivity contribution in [2.75, 3.05) is 0 Å². The molecule has 0 aliphatic heterocycles. The smallest absolute Gasteiger partial charge is 0.173 e. The lowest BCUT2D eigenvalue weighted by molar-refractivity contribution is 0.461. The summed E-state index contributed by atoms with van der Waals surface area (Å²) in [6.45, 7) is 4.13. The maximum absolute atomic E-state index is 5.61. The van der Waals surface area contributed by atoms with Crippen LogP contribution in [0, 0.1) is 0 Å². The van der Waals surface area contributed by atoms with Gasteiger partial charge in [0.15, 0.2) is 4.67 Å². The Bertz CT molecular complexity index is 507. The fourth-order valence-electron chi connectivity index (χ4n) is 1.85. The third-order valence-electron chi connectivity index (χ3n) is 2.75. The summed E-state index contributed by atoms with van der Waals surface area (Å²) >= 11 is 3.35. The normalized spacial score (nSPS) is 13.2. The van der Waals surface area contributed by atoms with E-state index in [0.29, 0.717) is 11.1 Å². The maximum atomic E-state index is 5.61. The summed E-state index contributed by atoms with van der Waals surface area (Å²) in [4.78, 5) is 4.28. The molecule has 0 saturated heterocycles. The monoisotopic (exact) mass is 313 g/mol. The van der Waals surface area contributed by atoms with Gasteiger partial charge < -0.3 is 4.42 Å². The first-order valence-electron chi connectivity index (χ1n) is 5.71. The zero-order chi connectivity index (χ0) is 13.1. The summed E-state index contributed by atoms with van der Waals surface area (Å²) < 4.78 is 7.79. The number of rotatable bonds is 5. The SMILES string of the molecule is CC(C)n1ncnc1CC(NN)c1ccoc1Br. The number of nitrogens with two attached hydrogens (primary N) is 1. The third-order valence-corrected chi connectivity index (χ3v) is 3.39. The number of nitrogens with one attached hydrogen (secondary N) is 1. The van der Waals surface area contributed by atoms with Gasteiger partial charge in [-0.3, -0.25) is 11.3 Å². The first-order chi connectivity index (χ1) is 8.63. The number of aromatic nitrogens is 3. The summed E-state index contributed by atoms with van der Waals surface area (Å²) in [6, 6.07) is 2.08. The van der Waals surface area contributed by atoms with E-state index in [1.165, 1.54) is 0 Å². The highest BCUT2D eigenvalue weighted by Gasteiger charge is 2.19. The van der Waals surface area contributed by atoms with E-state index in [9.17, 15) is 0 Å². The molecule has 2 heterocycles. The Labute approximate surface area is 114 Å². The summed E-state index contributed by atoms with van der Waals surface area (Å²) in [7, 11) is 0. The van der Waals surface area contributed by atoms with Gasteiger partial charge in [0, 0.05) is 18.0 Å². The quantitative estimate of drug-likeness (QED) is 0.651. The molecule has 7 heteroatoms. The second kappa shape index (κ2) is 5.64. The molecule has 2 aromatic heterocycles. The Morgan fingerprint density at radius 3 is 2.89 bits per heavy atom. The van der Waals surface area contributed by atoms with Crippen molar-refractivity contribution >= 4 is 15.9 Å². The molecule has 0 aliphatic rings. The number of hydrogen-bond donors (Lipinski definition) is 2. The van der Waals surface area contributed by atoms with Crippen molar-refractivity contribution in [1.29, 1.82) is 0 Å². The molecule has 0 aromatic carbocycles. The van der Waals surface area contributed by atoms with Crippen LogP contribution in [0.3, 0.4) is 0 Å². The third kappa shape index (κ3) is 2.63. The van der Waals surface area contributed by atoms with Gasteiger partial charge in [0.2, 0.25) is 0 Å². The lowest BCUT2D eigenvalue weighted by Crippen LogP contribution is -2.30. The number of nitrogens with zero attached hydrogens (tertiary/aromatic N) is 3. The van der Waals surface area contributed by atoms with Crippen LogP contribution in [-0.4, -0.2) is 14.8 Å². The molecule has 1 unspecified atom stereocenters. The molecule has 0 aliphatic carbocycles. The van der Waals surface area contributed by atoms with Gasteiger partial charge in [-0.1, -0.05) is 0 Å². The number of hydrazine groups is 1. The molecule has 0 spiro atoms. The van der Waals surface area contributed by atoms with E-state index in [0.717, 1.165) is 11.4 Å². The van der Waals surface area contributed by atoms with Crippen LogP contribution < -0.4 is 11.3 Å². The molecule has 1 atom stereocenters. The Kier molecular flexibility index (Phi) is 4.15. The van der Waals surface area contributed by atoms with Crippen LogP contribution in [0.25, 0.3) is 0 Å². The van der Waals surface area contributed by atoms with Gasteiger partial charge in [-0.25, -0.2) is 9.67 Å². The lowest BCUT2D eigenvalue weighted by atomic mass is 10.1. The van der Waals surface area contributed by atoms with Crippen molar-refractivity contribution in [2.45, 2.75) is 32.4 Å². The minimum absolute atomic E-state index is 0.0696. The van der Waals surface area contributed by atoms with Gasteiger partial charge in [-0.05, 0) is 35.8 Å². The minimum Gasteiger partial charge on any atom is -0.457 e. The van der Waals surface area contributed by atoms with Crippen LogP contribution >= 0.6 is 15.9 Å². The molecular formula is C11H16BrN5O. The number of halogens is 1. The molecule has 2 aromatic rings. The van der Waals surface area contributed by atoms with Crippen molar-refractivity contribution in [3.63, 3.8) is 0 Å². The largest absolute Gasteiger partial charge is 0.457 e. The molecule has 0 radical (unpaired) electrons. The average Bonchev–Trinajstić information content (AvgIpc) is 2.94. The van der Waals surface area contributed by atoms with Crippen molar-refractivity contribution in [1.82, 2.24) is 20.2 Å². The van der Waals surface area contributed by atoms with Gasteiger partial charge in [0.1, 0.15) is 12.2 Å². The summed E-state index contributed by atoms with van der Waals surface area (Å²) in [6.07, 6.45) is 3.83. The van der Waals surface area contributed by atoms with Gasteiger partial charge in [-0.15, -0.1) is 0 Å². The molecule has 3 N–H and O–H groups in total. The van der Waals surface area contributed by atoms with Crippen LogP contribution in [0.1, 0.15) is 37.3 Å². The zero-order valence-electron chi connectivity index (χ0n) is 10.3. The Morgan fingerprint density at radius 1 is 1.56 bits per heavy atom. The maximum Gasteiger partial charge on any atom is 0.173 e. The molecule has 0 saturated carbocycles. The zero-order valence-corrected chi connectivity index (χ0v) is 11.9. The second-order valence-corrected chi connectivity index (χ2v) is 5.01. The highest BCUT2D eigenvalue weighted by Crippen LogP contribution is 2.26. The van der Waals surface area contributed by atoms with Crippen LogP contribution in [0.15, 0.2) is 27.7 Å². The number of furan rings is 1. The molecule has 0 fully saturated rings. The standard InChI is InChI=1S/C11H16BrN5O/c1-7(2)17-10(14-6-15-17)5-9(16-13)8-3-4-18-11(8)12/h3-4,6-7,9,16H,5,13H2,1-2H3. The topological polar surface area (TPSA) is 81.9 Å². The van der Waals surface area contributed by atoms with E-state index < -0.39 is 0 Å². The highest BCUT2D eigenvalue weighted by atomic mass is 79.9. The molecule has 0 bridgehead atoms. The molecule has 98 valence electrons. The minimum atomic E-state index is -0.0696. The van der Waals surface area contributed by atoms with Gasteiger partial charge in [0.25, 0.3) is 0 Å². The molecule has 6 nitrogen and oxygen atoms in total. The van der Waals surface area contributed by atoms with Crippen molar-refractivity contribution in [3.8, 4) is 0 Å². The first-order valence-corrected chi connectivity index (χ1v) is 6.50. The molecule has 0 amide bonds. The average molecular weight is 314 g/mol. The van der Waals surface area contributed by atoms with Crippen molar-refractivity contribution < 1.29 is 4.42 Å². The predicted molar refractivity (Wildman–Crippen MR) is 70.6 cm³/mol. The second-order valence-electron chi connectivity index (χ2n) is 4.29. The fourth-order valence-corrected chi connectivity index (χ4v) is 2.36. The van der Waals surface area contributed by atoms with Gasteiger partial charge >= 0.3 is 0 Å². The summed E-state index contributed by atoms with van der Waals surface area (Å²) in [5, 5.41) is 4.21. The van der Waals surface area contributed by atoms with E-state index in [2.05, 4.69) is 45.3 Å². The summed E-state index contributed by atoms with van der Waals surface area (Å²) in [5.41, 5.74) is 3.75. The van der Waals surface area contributed by atoms with Crippen LogP contribution in [-0.2, 0) is 6.42 Å². The summed E-state index contributed by atoms with van der Waals surface area (Å²) in [5.74, 6) is 6.50. The Hall–Kier alpha value is -1.18. The fraction of sp³-hybridized carbons (Fsp3) is 0.455. The first kappa shape index (κ1) is 13.3. The van der Waals surface area contributed by atoms with E-state index in [1.54, 1.807) is 12.6 Å². The van der Waals surface area contributed by atoms with Gasteiger partial charge in [-0.2, -0.15) is 5.10 Å². The van der Waals surface area contributed by atoms with Crippen molar-refractivity contribution in [2.24, 2.45) is 5.84 Å². The Balaban J connectivity index is 2.21. The number of hydrogen-bond acceptors (Lipinski definition) is 5. The van der Waals surface area contributed by atoms with E-state index in [1.807, 2.05) is 10.7 Å². The van der Waals surface area contributed by atoms with Crippen molar-refractivity contribution in [3.05, 3.63) is 34.7 Å². The van der Waals surface area contributed by atoms with E-state index in [4.69, 9.17) is 10.3 Å².